The zero-order valence-corrected chi connectivity index (χ0v) is 11.1. The number of Topliss-reactive ketones (excluding diaryl/α,β-unsaturated/α-hetero) is 1. The van der Waals surface area contributed by atoms with Gasteiger partial charge in [0.1, 0.15) is 0 Å². The van der Waals surface area contributed by atoms with Crippen LogP contribution in [0.4, 0.5) is 0 Å². The highest BCUT2D eigenvalue weighted by atomic mass is 79.9. The first-order valence-corrected chi connectivity index (χ1v) is 4.88. The van der Waals surface area contributed by atoms with Gasteiger partial charge in [-0.3, -0.25) is 4.79 Å². The van der Waals surface area contributed by atoms with E-state index in [1.54, 1.807) is 0 Å². The molecular formula is C12H18BrNO. The monoisotopic (exact) mass is 271 g/mol. The van der Waals surface area contributed by atoms with E-state index in [-0.39, 0.29) is 22.8 Å². The van der Waals surface area contributed by atoms with Gasteiger partial charge in [-0.05, 0) is 0 Å². The summed E-state index contributed by atoms with van der Waals surface area (Å²) in [5.74, 6) is 0.235. The topological polar surface area (TPSA) is 17.1 Å². The molecule has 0 aliphatic heterocycles. The summed E-state index contributed by atoms with van der Waals surface area (Å²) in [6, 6.07) is 9.48. The highest BCUT2D eigenvalue weighted by Crippen LogP contribution is 2.04. The van der Waals surface area contributed by atoms with Crippen molar-refractivity contribution < 1.29 is 26.3 Å². The molecule has 0 fully saturated rings. The number of halogens is 1. The van der Waals surface area contributed by atoms with Gasteiger partial charge in [-0.25, -0.2) is 0 Å². The molecule has 0 aliphatic carbocycles. The minimum absolute atomic E-state index is 0. The lowest BCUT2D eigenvalue weighted by Crippen LogP contribution is -3.00. The molecule has 0 heterocycles. The summed E-state index contributed by atoms with van der Waals surface area (Å²) >= 11 is 0. The van der Waals surface area contributed by atoms with Gasteiger partial charge in [0.2, 0.25) is 0 Å². The van der Waals surface area contributed by atoms with Crippen LogP contribution in [-0.2, 0) is 0 Å². The molecule has 0 amide bonds. The zero-order chi connectivity index (χ0) is 10.6. The van der Waals surface area contributed by atoms with E-state index in [1.165, 1.54) is 0 Å². The van der Waals surface area contributed by atoms with Crippen molar-refractivity contribution in [1.82, 2.24) is 0 Å². The van der Waals surface area contributed by atoms with Crippen LogP contribution in [0.15, 0.2) is 30.3 Å². The lowest BCUT2D eigenvalue weighted by molar-refractivity contribution is -0.869. The number of quaternary nitrogens is 1. The molecule has 3 heteroatoms. The Hall–Kier alpha value is -0.670. The minimum Gasteiger partial charge on any atom is -1.00 e. The van der Waals surface area contributed by atoms with Crippen molar-refractivity contribution >= 4 is 5.78 Å². The fourth-order valence-corrected chi connectivity index (χ4v) is 1.21. The Labute approximate surface area is 102 Å². The van der Waals surface area contributed by atoms with Crippen LogP contribution in [0.1, 0.15) is 16.8 Å². The van der Waals surface area contributed by atoms with E-state index >= 15 is 0 Å². The molecule has 1 aromatic carbocycles. The first-order chi connectivity index (χ1) is 6.49. The van der Waals surface area contributed by atoms with Gasteiger partial charge in [-0.2, -0.15) is 0 Å². The second-order valence-electron chi connectivity index (χ2n) is 4.55. The minimum atomic E-state index is 0. The third kappa shape index (κ3) is 5.70. The van der Waals surface area contributed by atoms with Gasteiger partial charge in [0.15, 0.2) is 5.78 Å². The fraction of sp³-hybridized carbons (Fsp3) is 0.417. The van der Waals surface area contributed by atoms with E-state index in [0.29, 0.717) is 6.42 Å². The molecule has 84 valence electrons. The van der Waals surface area contributed by atoms with Crippen molar-refractivity contribution in [3.05, 3.63) is 35.9 Å². The van der Waals surface area contributed by atoms with Gasteiger partial charge in [0.25, 0.3) is 0 Å². The van der Waals surface area contributed by atoms with E-state index < -0.39 is 0 Å². The lowest BCUT2D eigenvalue weighted by Gasteiger charge is -2.23. The lowest BCUT2D eigenvalue weighted by atomic mass is 10.1. The summed E-state index contributed by atoms with van der Waals surface area (Å²) in [4.78, 5) is 11.7. The predicted octanol–water partition coefficient (Wildman–Crippen LogP) is -1.03. The number of benzene rings is 1. The van der Waals surface area contributed by atoms with Crippen molar-refractivity contribution in [2.45, 2.75) is 6.42 Å². The second kappa shape index (κ2) is 6.03. The van der Waals surface area contributed by atoms with Crippen LogP contribution in [0.25, 0.3) is 0 Å². The molecule has 15 heavy (non-hydrogen) atoms. The maximum absolute atomic E-state index is 11.7. The zero-order valence-electron chi connectivity index (χ0n) is 9.53. The largest absolute Gasteiger partial charge is 1.00 e. The SMILES string of the molecule is C[N+](C)(C)CCC(=O)c1ccccc1.[Br-]. The maximum Gasteiger partial charge on any atom is 0.168 e. The second-order valence-corrected chi connectivity index (χ2v) is 4.55. The number of rotatable bonds is 4. The van der Waals surface area contributed by atoms with Crippen LogP contribution >= 0.6 is 0 Å². The number of ketones is 1. The Bertz CT molecular complexity index is 303. The summed E-state index contributed by atoms with van der Waals surface area (Å²) in [6.45, 7) is 0.883. The molecule has 1 rings (SSSR count). The van der Waals surface area contributed by atoms with E-state index in [4.69, 9.17) is 0 Å². The number of carbonyl (C=O) groups is 1. The third-order valence-electron chi connectivity index (χ3n) is 2.11. The van der Waals surface area contributed by atoms with E-state index in [9.17, 15) is 4.79 Å². The van der Waals surface area contributed by atoms with Gasteiger partial charge >= 0.3 is 0 Å². The molecule has 2 nitrogen and oxygen atoms in total. The first-order valence-electron chi connectivity index (χ1n) is 4.88. The number of hydrogen-bond donors (Lipinski definition) is 0. The molecule has 0 bridgehead atoms. The summed E-state index contributed by atoms with van der Waals surface area (Å²) in [5, 5.41) is 0. The van der Waals surface area contributed by atoms with Crippen LogP contribution in [0, 0.1) is 0 Å². The third-order valence-corrected chi connectivity index (χ3v) is 2.11. The molecular weight excluding hydrogens is 254 g/mol. The van der Waals surface area contributed by atoms with Crippen LogP contribution in [0.3, 0.4) is 0 Å². The molecule has 0 N–H and O–H groups in total. The van der Waals surface area contributed by atoms with Gasteiger partial charge < -0.3 is 21.5 Å². The molecule has 1 aromatic rings. The van der Waals surface area contributed by atoms with E-state index in [1.807, 2.05) is 30.3 Å². The maximum atomic E-state index is 11.7. The Morgan fingerprint density at radius 2 is 1.67 bits per heavy atom. The number of hydrogen-bond acceptors (Lipinski definition) is 1. The molecule has 0 spiro atoms. The first kappa shape index (κ1) is 14.3. The predicted molar refractivity (Wildman–Crippen MR) is 58.3 cm³/mol. The molecule has 0 saturated carbocycles. The summed E-state index contributed by atoms with van der Waals surface area (Å²) in [6.07, 6.45) is 0.619. The molecule has 0 atom stereocenters. The molecule has 0 aliphatic rings. The highest BCUT2D eigenvalue weighted by Gasteiger charge is 2.11. The Morgan fingerprint density at radius 1 is 1.13 bits per heavy atom. The smallest absolute Gasteiger partial charge is 0.168 e. The number of nitrogens with zero attached hydrogens (tertiary/aromatic N) is 1. The molecule has 0 unspecified atom stereocenters. The van der Waals surface area contributed by atoms with Crippen molar-refractivity contribution in [2.24, 2.45) is 0 Å². The Kier molecular flexibility index (Phi) is 5.76. The molecule has 0 saturated heterocycles. The van der Waals surface area contributed by atoms with E-state index in [2.05, 4.69) is 21.1 Å². The Balaban J connectivity index is 0.00000196. The van der Waals surface area contributed by atoms with Crippen molar-refractivity contribution in [3.8, 4) is 0 Å². The Morgan fingerprint density at radius 3 is 2.13 bits per heavy atom. The van der Waals surface area contributed by atoms with Crippen LogP contribution < -0.4 is 17.0 Å². The van der Waals surface area contributed by atoms with Crippen LogP contribution in [0.5, 0.6) is 0 Å². The highest BCUT2D eigenvalue weighted by molar-refractivity contribution is 5.96. The normalized spacial score (nSPS) is 10.6. The molecule has 0 radical (unpaired) electrons. The standard InChI is InChI=1S/C12H18NO.BrH/c1-13(2,3)10-9-12(14)11-7-5-4-6-8-11;/h4-8H,9-10H2,1-3H3;1H/q+1;/p-1. The fourth-order valence-electron chi connectivity index (χ4n) is 1.21. The quantitative estimate of drug-likeness (QED) is 0.506. The van der Waals surface area contributed by atoms with E-state index in [0.717, 1.165) is 16.6 Å². The van der Waals surface area contributed by atoms with Crippen LogP contribution in [-0.4, -0.2) is 38.0 Å². The average molecular weight is 272 g/mol. The number of carbonyl (C=O) groups excluding carboxylic acids is 1. The van der Waals surface area contributed by atoms with Gasteiger partial charge in [-0.1, -0.05) is 30.3 Å². The summed E-state index contributed by atoms with van der Waals surface area (Å²) in [5.41, 5.74) is 0.820. The summed E-state index contributed by atoms with van der Waals surface area (Å²) < 4.78 is 0.832. The molecule has 0 aromatic heterocycles. The average Bonchev–Trinajstić information content (AvgIpc) is 2.14. The van der Waals surface area contributed by atoms with Gasteiger partial charge in [0, 0.05) is 5.56 Å². The van der Waals surface area contributed by atoms with Crippen LogP contribution in [0.2, 0.25) is 0 Å². The van der Waals surface area contributed by atoms with Crippen molar-refractivity contribution in [2.75, 3.05) is 27.7 Å². The van der Waals surface area contributed by atoms with Gasteiger partial charge in [-0.15, -0.1) is 0 Å². The van der Waals surface area contributed by atoms with Gasteiger partial charge in [0.05, 0.1) is 34.1 Å². The summed E-state index contributed by atoms with van der Waals surface area (Å²) in [7, 11) is 6.29. The van der Waals surface area contributed by atoms with Crippen molar-refractivity contribution in [1.29, 1.82) is 0 Å². The van der Waals surface area contributed by atoms with Crippen molar-refractivity contribution in [3.63, 3.8) is 0 Å².